The fourth-order valence-corrected chi connectivity index (χ4v) is 2.90. The number of hydrogen-bond acceptors (Lipinski definition) is 5. The normalized spacial score (nSPS) is 15.9. The second kappa shape index (κ2) is 5.88. The van der Waals surface area contributed by atoms with E-state index in [2.05, 4.69) is 5.32 Å². The number of carbonyl (C=O) groups is 1. The molecule has 6 nitrogen and oxygen atoms in total. The van der Waals surface area contributed by atoms with E-state index in [9.17, 15) is 13.2 Å². The lowest BCUT2D eigenvalue weighted by molar-refractivity contribution is 0.0508. The third-order valence-electron chi connectivity index (χ3n) is 2.16. The smallest absolute Gasteiger partial charge is 0.407 e. The molecule has 18 heavy (non-hydrogen) atoms. The second-order valence-corrected chi connectivity index (χ2v) is 8.08. The molecule has 0 spiro atoms. The van der Waals surface area contributed by atoms with Crippen LogP contribution in [0.1, 0.15) is 27.7 Å². The molecule has 0 bridgehead atoms. The molecule has 7 heteroatoms. The number of rotatable bonds is 5. The van der Waals surface area contributed by atoms with Crippen LogP contribution in [0.25, 0.3) is 0 Å². The van der Waals surface area contributed by atoms with Crippen LogP contribution in [0.5, 0.6) is 0 Å². The van der Waals surface area contributed by atoms with E-state index in [0.29, 0.717) is 0 Å². The predicted octanol–water partition coefficient (Wildman–Crippen LogP) is 0.521. The van der Waals surface area contributed by atoms with Crippen molar-refractivity contribution in [3.63, 3.8) is 0 Å². The van der Waals surface area contributed by atoms with Crippen molar-refractivity contribution in [3.8, 4) is 0 Å². The molecule has 0 fully saturated rings. The topological polar surface area (TPSA) is 98.5 Å². The van der Waals surface area contributed by atoms with Gasteiger partial charge in [-0.05, 0) is 20.8 Å². The minimum Gasteiger partial charge on any atom is -0.444 e. The van der Waals surface area contributed by atoms with Crippen LogP contribution >= 0.6 is 0 Å². The van der Waals surface area contributed by atoms with E-state index in [1.165, 1.54) is 0 Å². The first-order chi connectivity index (χ1) is 7.87. The Labute approximate surface area is 109 Å². The summed E-state index contributed by atoms with van der Waals surface area (Å²) in [6.07, 6.45) is 0.574. The molecule has 0 aromatic rings. The van der Waals surface area contributed by atoms with Gasteiger partial charge in [-0.3, -0.25) is 0 Å². The van der Waals surface area contributed by atoms with Crippen LogP contribution in [0.3, 0.4) is 0 Å². The molecule has 0 aromatic heterocycles. The Bertz CT molecular complexity index is 386. The second-order valence-electron chi connectivity index (χ2n) is 5.94. The summed E-state index contributed by atoms with van der Waals surface area (Å²) in [6, 6.07) is 0. The lowest BCUT2D eigenvalue weighted by Gasteiger charge is -2.28. The van der Waals surface area contributed by atoms with E-state index < -0.39 is 26.9 Å². The van der Waals surface area contributed by atoms with Crippen LogP contribution in [0.15, 0.2) is 0 Å². The van der Waals surface area contributed by atoms with Gasteiger partial charge in [0, 0.05) is 24.8 Å². The molecular weight excluding hydrogens is 256 g/mol. The predicted molar refractivity (Wildman–Crippen MR) is 71.1 cm³/mol. The number of carbonyl (C=O) groups excluding carboxylic acids is 1. The van der Waals surface area contributed by atoms with E-state index in [1.807, 2.05) is 0 Å². The number of nitrogens with two attached hydrogens (primary N) is 1. The average Bonchev–Trinajstić information content (AvgIpc) is 2.09. The Morgan fingerprint density at radius 2 is 1.78 bits per heavy atom. The minimum atomic E-state index is -3.15. The van der Waals surface area contributed by atoms with Crippen LogP contribution in [0, 0.1) is 5.41 Å². The number of hydrogen-bond donors (Lipinski definition) is 2. The summed E-state index contributed by atoms with van der Waals surface area (Å²) in [4.78, 5) is 11.5. The average molecular weight is 280 g/mol. The molecule has 3 N–H and O–H groups in total. The highest BCUT2D eigenvalue weighted by Gasteiger charge is 2.29. The van der Waals surface area contributed by atoms with Gasteiger partial charge < -0.3 is 15.8 Å². The third-order valence-corrected chi connectivity index (χ3v) is 3.38. The Balaban J connectivity index is 4.44. The molecule has 1 amide bonds. The number of nitrogens with one attached hydrogen (secondary N) is 1. The number of ether oxygens (including phenoxy) is 1. The zero-order valence-corrected chi connectivity index (χ0v) is 12.6. The van der Waals surface area contributed by atoms with Gasteiger partial charge in [0.2, 0.25) is 0 Å². The Hall–Kier alpha value is -0.820. The molecule has 0 aromatic carbocycles. The van der Waals surface area contributed by atoms with Crippen LogP contribution in [-0.4, -0.2) is 45.2 Å². The highest BCUT2D eigenvalue weighted by Crippen LogP contribution is 2.16. The van der Waals surface area contributed by atoms with Gasteiger partial charge in [0.1, 0.15) is 15.4 Å². The minimum absolute atomic E-state index is 0.0771. The first kappa shape index (κ1) is 17.2. The quantitative estimate of drug-likeness (QED) is 0.765. The number of alkyl carbamates (subject to hydrolysis) is 1. The standard InChI is InChI=1S/C11H24N2O4S/c1-10(2,3)17-9(14)13-7-11(4,6-12)8-18(5,15)16/h6-8,12H2,1-5H3,(H,13,14). The molecule has 0 aliphatic heterocycles. The van der Waals surface area contributed by atoms with E-state index in [0.717, 1.165) is 6.26 Å². The maximum atomic E-state index is 11.5. The van der Waals surface area contributed by atoms with Crippen molar-refractivity contribution in [2.45, 2.75) is 33.3 Å². The lowest BCUT2D eigenvalue weighted by atomic mass is 9.93. The van der Waals surface area contributed by atoms with Crippen molar-refractivity contribution < 1.29 is 17.9 Å². The molecule has 1 atom stereocenters. The number of amides is 1. The highest BCUT2D eigenvalue weighted by molar-refractivity contribution is 7.90. The fraction of sp³-hybridized carbons (Fsp3) is 0.909. The SMILES string of the molecule is CC(CN)(CNC(=O)OC(C)(C)C)CS(C)(=O)=O. The van der Waals surface area contributed by atoms with Gasteiger partial charge >= 0.3 is 6.09 Å². The molecule has 1 unspecified atom stereocenters. The first-order valence-corrected chi connectivity index (χ1v) is 7.78. The van der Waals surface area contributed by atoms with E-state index in [-0.39, 0.29) is 18.8 Å². The third kappa shape index (κ3) is 8.30. The van der Waals surface area contributed by atoms with Gasteiger partial charge in [-0.25, -0.2) is 13.2 Å². The molecule has 0 saturated heterocycles. The lowest BCUT2D eigenvalue weighted by Crippen LogP contribution is -2.45. The van der Waals surface area contributed by atoms with Gasteiger partial charge in [0.05, 0.1) is 5.75 Å². The van der Waals surface area contributed by atoms with Crippen LogP contribution < -0.4 is 11.1 Å². The Morgan fingerprint density at radius 1 is 1.28 bits per heavy atom. The molecule has 0 aliphatic carbocycles. The van der Waals surface area contributed by atoms with Crippen molar-refractivity contribution in [2.75, 3.05) is 25.1 Å². The summed E-state index contributed by atoms with van der Waals surface area (Å²) in [5, 5.41) is 2.55. The van der Waals surface area contributed by atoms with Crippen LogP contribution in [0.4, 0.5) is 4.79 Å². The van der Waals surface area contributed by atoms with Gasteiger partial charge in [0.25, 0.3) is 0 Å². The summed E-state index contributed by atoms with van der Waals surface area (Å²) in [5.41, 5.74) is 4.30. The summed E-state index contributed by atoms with van der Waals surface area (Å²) in [7, 11) is -3.15. The molecule has 108 valence electrons. The van der Waals surface area contributed by atoms with Gasteiger partial charge in [0.15, 0.2) is 0 Å². The monoisotopic (exact) mass is 280 g/mol. The first-order valence-electron chi connectivity index (χ1n) is 5.72. The number of sulfone groups is 1. The van der Waals surface area contributed by atoms with Crippen molar-refractivity contribution in [1.29, 1.82) is 0 Å². The Morgan fingerprint density at radius 3 is 2.11 bits per heavy atom. The van der Waals surface area contributed by atoms with Crippen molar-refractivity contribution in [2.24, 2.45) is 11.1 Å². The van der Waals surface area contributed by atoms with Gasteiger partial charge in [-0.1, -0.05) is 6.92 Å². The van der Waals surface area contributed by atoms with Crippen molar-refractivity contribution in [1.82, 2.24) is 5.32 Å². The van der Waals surface area contributed by atoms with Gasteiger partial charge in [-0.15, -0.1) is 0 Å². The Kier molecular flexibility index (Phi) is 5.61. The highest BCUT2D eigenvalue weighted by atomic mass is 32.2. The largest absolute Gasteiger partial charge is 0.444 e. The van der Waals surface area contributed by atoms with Crippen LogP contribution in [-0.2, 0) is 14.6 Å². The molecule has 0 radical (unpaired) electrons. The zero-order valence-electron chi connectivity index (χ0n) is 11.7. The van der Waals surface area contributed by atoms with Crippen LogP contribution in [0.2, 0.25) is 0 Å². The van der Waals surface area contributed by atoms with Crippen molar-refractivity contribution in [3.05, 3.63) is 0 Å². The fourth-order valence-electron chi connectivity index (χ4n) is 1.41. The van der Waals surface area contributed by atoms with E-state index in [1.54, 1.807) is 27.7 Å². The summed E-state index contributed by atoms with van der Waals surface area (Å²) >= 11 is 0. The summed E-state index contributed by atoms with van der Waals surface area (Å²) in [6.45, 7) is 7.30. The molecule has 0 aliphatic rings. The molecule has 0 heterocycles. The molecular formula is C11H24N2O4S. The summed E-state index contributed by atoms with van der Waals surface area (Å²) in [5.74, 6) is -0.0771. The van der Waals surface area contributed by atoms with E-state index in [4.69, 9.17) is 10.5 Å². The maximum absolute atomic E-state index is 11.5. The van der Waals surface area contributed by atoms with E-state index >= 15 is 0 Å². The summed E-state index contributed by atoms with van der Waals surface area (Å²) < 4.78 is 27.6. The van der Waals surface area contributed by atoms with Crippen molar-refractivity contribution >= 4 is 15.9 Å². The zero-order chi connectivity index (χ0) is 14.6. The van der Waals surface area contributed by atoms with Gasteiger partial charge in [-0.2, -0.15) is 0 Å². The maximum Gasteiger partial charge on any atom is 0.407 e. The molecule has 0 rings (SSSR count). The molecule has 0 saturated carbocycles.